The van der Waals surface area contributed by atoms with Crippen LogP contribution in [0.5, 0.6) is 0 Å². The summed E-state index contributed by atoms with van der Waals surface area (Å²) in [6.45, 7) is 5.05. The summed E-state index contributed by atoms with van der Waals surface area (Å²) in [6.07, 6.45) is 2.01. The number of urea groups is 1. The van der Waals surface area contributed by atoms with Gasteiger partial charge in [-0.3, -0.25) is 0 Å². The van der Waals surface area contributed by atoms with E-state index in [-0.39, 0.29) is 17.3 Å². The molecule has 1 saturated carbocycles. The van der Waals surface area contributed by atoms with Gasteiger partial charge in [-0.25, -0.2) is 13.9 Å². The molecule has 0 spiro atoms. The predicted molar refractivity (Wildman–Crippen MR) is 115 cm³/mol. The number of hydrogen-bond acceptors (Lipinski definition) is 2. The lowest BCUT2D eigenvalue weighted by atomic mass is 9.96. The molecule has 1 N–H and O–H groups in total. The van der Waals surface area contributed by atoms with E-state index in [9.17, 15) is 9.18 Å². The SMILES string of the molecule is Cc1nn(-c2ccccc2)c(C)c1CN(C)C(=O)NCC1(c2ccc(F)cc2)CC1. The highest BCUT2D eigenvalue weighted by atomic mass is 19.1. The Morgan fingerprint density at radius 1 is 1.13 bits per heavy atom. The van der Waals surface area contributed by atoms with E-state index >= 15 is 0 Å². The number of amides is 2. The van der Waals surface area contributed by atoms with Crippen LogP contribution < -0.4 is 5.32 Å². The highest BCUT2D eigenvalue weighted by Crippen LogP contribution is 2.47. The summed E-state index contributed by atoms with van der Waals surface area (Å²) < 4.78 is 15.1. The Kier molecular flexibility index (Phi) is 5.33. The van der Waals surface area contributed by atoms with Gasteiger partial charge < -0.3 is 10.2 Å². The van der Waals surface area contributed by atoms with Gasteiger partial charge in [0.05, 0.1) is 17.9 Å². The van der Waals surface area contributed by atoms with E-state index < -0.39 is 0 Å². The smallest absolute Gasteiger partial charge is 0.317 e. The molecule has 1 fully saturated rings. The fourth-order valence-electron chi connectivity index (χ4n) is 3.93. The summed E-state index contributed by atoms with van der Waals surface area (Å²) in [7, 11) is 1.80. The first-order valence-electron chi connectivity index (χ1n) is 10.3. The molecule has 0 atom stereocenters. The van der Waals surface area contributed by atoms with Crippen LogP contribution >= 0.6 is 0 Å². The van der Waals surface area contributed by atoms with Gasteiger partial charge in [0.1, 0.15) is 5.82 Å². The van der Waals surface area contributed by atoms with Crippen molar-refractivity contribution in [1.82, 2.24) is 20.0 Å². The second kappa shape index (κ2) is 7.94. The molecule has 1 aromatic heterocycles. The van der Waals surface area contributed by atoms with Crippen molar-refractivity contribution < 1.29 is 9.18 Å². The van der Waals surface area contributed by atoms with Crippen LogP contribution in [-0.2, 0) is 12.0 Å². The number of benzene rings is 2. The summed E-state index contributed by atoms with van der Waals surface area (Å²) in [5.41, 5.74) is 5.03. The van der Waals surface area contributed by atoms with Crippen molar-refractivity contribution in [1.29, 1.82) is 0 Å². The molecule has 0 bridgehead atoms. The van der Waals surface area contributed by atoms with E-state index in [1.165, 1.54) is 12.1 Å². The minimum absolute atomic E-state index is 0.0613. The second-order valence-electron chi connectivity index (χ2n) is 8.20. The van der Waals surface area contributed by atoms with Gasteiger partial charge in [0.2, 0.25) is 0 Å². The van der Waals surface area contributed by atoms with Crippen LogP contribution in [0.1, 0.15) is 35.4 Å². The fourth-order valence-corrected chi connectivity index (χ4v) is 3.93. The molecule has 1 aliphatic carbocycles. The van der Waals surface area contributed by atoms with Gasteiger partial charge in [-0.15, -0.1) is 0 Å². The van der Waals surface area contributed by atoms with E-state index in [4.69, 9.17) is 0 Å². The van der Waals surface area contributed by atoms with E-state index in [1.807, 2.05) is 61.0 Å². The van der Waals surface area contributed by atoms with Crippen LogP contribution in [0.2, 0.25) is 0 Å². The molecule has 1 aliphatic rings. The summed E-state index contributed by atoms with van der Waals surface area (Å²) in [5.74, 6) is -0.236. The van der Waals surface area contributed by atoms with Gasteiger partial charge in [-0.2, -0.15) is 5.10 Å². The third-order valence-electron chi connectivity index (χ3n) is 6.07. The number of para-hydroxylation sites is 1. The zero-order valence-corrected chi connectivity index (χ0v) is 17.7. The average molecular weight is 407 g/mol. The van der Waals surface area contributed by atoms with Crippen molar-refractivity contribution in [3.05, 3.63) is 82.9 Å². The highest BCUT2D eigenvalue weighted by molar-refractivity contribution is 5.74. The van der Waals surface area contributed by atoms with Crippen LogP contribution in [-0.4, -0.2) is 34.3 Å². The van der Waals surface area contributed by atoms with Gasteiger partial charge in [-0.1, -0.05) is 30.3 Å². The number of rotatable bonds is 6. The number of carbonyl (C=O) groups excluding carboxylic acids is 1. The Labute approximate surface area is 176 Å². The number of aromatic nitrogens is 2. The molecule has 2 amide bonds. The van der Waals surface area contributed by atoms with E-state index in [1.54, 1.807) is 11.9 Å². The molecule has 2 aromatic carbocycles. The first-order valence-corrected chi connectivity index (χ1v) is 10.3. The van der Waals surface area contributed by atoms with E-state index in [2.05, 4.69) is 10.4 Å². The number of hydrogen-bond donors (Lipinski definition) is 1. The van der Waals surface area contributed by atoms with Gasteiger partial charge in [-0.05, 0) is 56.5 Å². The minimum Gasteiger partial charge on any atom is -0.337 e. The zero-order valence-electron chi connectivity index (χ0n) is 17.7. The van der Waals surface area contributed by atoms with Crippen LogP contribution in [0.4, 0.5) is 9.18 Å². The predicted octanol–water partition coefficient (Wildman–Crippen LogP) is 4.50. The topological polar surface area (TPSA) is 50.2 Å². The Balaban J connectivity index is 1.41. The summed E-state index contributed by atoms with van der Waals surface area (Å²) in [5, 5.41) is 7.72. The average Bonchev–Trinajstić information content (AvgIpc) is 3.50. The largest absolute Gasteiger partial charge is 0.337 e. The lowest BCUT2D eigenvalue weighted by Gasteiger charge is -2.22. The standard InChI is InChI=1S/C24H27FN4O/c1-17-22(18(2)29(27-17)21-7-5-4-6-8-21)15-28(3)23(30)26-16-24(13-14-24)19-9-11-20(25)12-10-19/h4-12H,13-16H2,1-3H3,(H,26,30). The normalized spacial score (nSPS) is 14.4. The second-order valence-corrected chi connectivity index (χ2v) is 8.20. The van der Waals surface area contributed by atoms with Gasteiger partial charge >= 0.3 is 6.03 Å². The number of nitrogens with one attached hydrogen (secondary N) is 1. The summed E-state index contributed by atoms with van der Waals surface area (Å²) in [6, 6.07) is 16.5. The molecule has 0 radical (unpaired) electrons. The molecule has 6 heteroatoms. The van der Waals surface area contributed by atoms with Crippen molar-refractivity contribution >= 4 is 6.03 Å². The van der Waals surface area contributed by atoms with Gasteiger partial charge in [0.25, 0.3) is 0 Å². The van der Waals surface area contributed by atoms with E-state index in [0.717, 1.165) is 41.0 Å². The monoisotopic (exact) mass is 406 g/mol. The highest BCUT2D eigenvalue weighted by Gasteiger charge is 2.44. The quantitative estimate of drug-likeness (QED) is 0.655. The zero-order chi connectivity index (χ0) is 21.3. The lowest BCUT2D eigenvalue weighted by molar-refractivity contribution is 0.205. The Bertz CT molecular complexity index is 1040. The van der Waals surface area contributed by atoms with Crippen molar-refractivity contribution in [3.8, 4) is 5.69 Å². The van der Waals surface area contributed by atoms with Gasteiger partial charge in [0, 0.05) is 30.3 Å². The Morgan fingerprint density at radius 3 is 2.43 bits per heavy atom. The molecule has 30 heavy (non-hydrogen) atoms. The molecule has 1 heterocycles. The maximum absolute atomic E-state index is 13.2. The number of aryl methyl sites for hydroxylation is 1. The molecule has 4 rings (SSSR count). The van der Waals surface area contributed by atoms with Crippen LogP contribution in [0, 0.1) is 19.7 Å². The number of nitrogens with zero attached hydrogens (tertiary/aromatic N) is 3. The Hall–Kier alpha value is -3.15. The van der Waals surface area contributed by atoms with Crippen molar-refractivity contribution in [2.45, 2.75) is 38.6 Å². The van der Waals surface area contributed by atoms with Crippen molar-refractivity contribution in [2.24, 2.45) is 0 Å². The molecular formula is C24H27FN4O. The van der Waals surface area contributed by atoms with Crippen LogP contribution in [0.25, 0.3) is 5.69 Å². The number of halogens is 1. The van der Waals surface area contributed by atoms with Crippen LogP contribution in [0.15, 0.2) is 54.6 Å². The van der Waals surface area contributed by atoms with Gasteiger partial charge in [0.15, 0.2) is 0 Å². The minimum atomic E-state index is -0.236. The van der Waals surface area contributed by atoms with Crippen molar-refractivity contribution in [2.75, 3.05) is 13.6 Å². The maximum Gasteiger partial charge on any atom is 0.317 e. The molecule has 0 aliphatic heterocycles. The number of carbonyl (C=O) groups is 1. The third-order valence-corrected chi connectivity index (χ3v) is 6.07. The van der Waals surface area contributed by atoms with E-state index in [0.29, 0.717) is 13.1 Å². The first kappa shape index (κ1) is 20.1. The Morgan fingerprint density at radius 2 is 1.80 bits per heavy atom. The molecule has 3 aromatic rings. The lowest BCUT2D eigenvalue weighted by Crippen LogP contribution is -2.40. The summed E-state index contributed by atoms with van der Waals surface area (Å²) in [4.78, 5) is 14.4. The molecule has 0 saturated heterocycles. The van der Waals surface area contributed by atoms with Crippen LogP contribution in [0.3, 0.4) is 0 Å². The van der Waals surface area contributed by atoms with Crippen molar-refractivity contribution in [3.63, 3.8) is 0 Å². The first-order chi connectivity index (χ1) is 14.4. The molecule has 0 unspecified atom stereocenters. The summed E-state index contributed by atoms with van der Waals surface area (Å²) >= 11 is 0. The molecular weight excluding hydrogens is 379 g/mol. The fraction of sp³-hybridized carbons (Fsp3) is 0.333. The molecule has 5 nitrogen and oxygen atoms in total. The maximum atomic E-state index is 13.2. The molecule has 156 valence electrons. The third kappa shape index (κ3) is 3.95.